The minimum Gasteiger partial charge on any atom is -0.481 e. The predicted molar refractivity (Wildman–Crippen MR) is 72.4 cm³/mol. The zero-order valence-electron chi connectivity index (χ0n) is 11.9. The summed E-state index contributed by atoms with van der Waals surface area (Å²) in [6, 6.07) is 0. The highest BCUT2D eigenvalue weighted by molar-refractivity contribution is 5.71. The van der Waals surface area contributed by atoms with Crippen LogP contribution in [0.2, 0.25) is 0 Å². The van der Waals surface area contributed by atoms with Crippen LogP contribution in [0.5, 0.6) is 0 Å². The van der Waals surface area contributed by atoms with Crippen molar-refractivity contribution >= 4 is 5.97 Å². The molecule has 0 amide bonds. The largest absolute Gasteiger partial charge is 0.481 e. The van der Waals surface area contributed by atoms with Crippen molar-refractivity contribution in [3.05, 3.63) is 11.7 Å². The molecule has 4 unspecified atom stereocenters. The molecule has 2 fully saturated rings. The number of nitrogens with zero attached hydrogens (tertiary/aromatic N) is 2. The molecule has 1 aromatic heterocycles. The summed E-state index contributed by atoms with van der Waals surface area (Å²) in [7, 11) is 0. The maximum Gasteiger partial charge on any atom is 0.307 e. The Kier molecular flexibility index (Phi) is 3.76. The number of rotatable bonds is 4. The summed E-state index contributed by atoms with van der Waals surface area (Å²) < 4.78 is 5.39. The molecule has 2 aliphatic rings. The van der Waals surface area contributed by atoms with Crippen LogP contribution in [0, 0.1) is 11.8 Å². The fourth-order valence-electron chi connectivity index (χ4n) is 3.80. The summed E-state index contributed by atoms with van der Waals surface area (Å²) in [6.07, 6.45) is 7.23. The molecule has 110 valence electrons. The van der Waals surface area contributed by atoms with Crippen molar-refractivity contribution in [2.24, 2.45) is 11.8 Å². The van der Waals surface area contributed by atoms with Crippen LogP contribution in [-0.4, -0.2) is 21.2 Å². The van der Waals surface area contributed by atoms with Gasteiger partial charge < -0.3 is 9.63 Å². The van der Waals surface area contributed by atoms with E-state index in [1.54, 1.807) is 0 Å². The quantitative estimate of drug-likeness (QED) is 0.914. The lowest BCUT2D eigenvalue weighted by atomic mass is 9.96. The zero-order chi connectivity index (χ0) is 14.1. The number of carboxylic acids is 1. The van der Waals surface area contributed by atoms with E-state index in [0.717, 1.165) is 43.8 Å². The lowest BCUT2D eigenvalue weighted by Crippen LogP contribution is -2.17. The Hall–Kier alpha value is -1.39. The highest BCUT2D eigenvalue weighted by Crippen LogP contribution is 2.41. The number of carboxylic acid groups (broad SMARTS) is 1. The molecule has 5 heteroatoms. The molecule has 0 bridgehead atoms. The first-order valence-electron chi connectivity index (χ1n) is 7.75. The second kappa shape index (κ2) is 5.54. The normalized spacial score (nSPS) is 33.6. The molecule has 1 aromatic rings. The van der Waals surface area contributed by atoms with E-state index in [9.17, 15) is 9.90 Å². The van der Waals surface area contributed by atoms with Crippen molar-refractivity contribution in [1.29, 1.82) is 0 Å². The van der Waals surface area contributed by atoms with Crippen molar-refractivity contribution in [2.75, 3.05) is 0 Å². The average Bonchev–Trinajstić information content (AvgIpc) is 3.17. The van der Waals surface area contributed by atoms with E-state index in [-0.39, 0.29) is 11.8 Å². The van der Waals surface area contributed by atoms with Gasteiger partial charge in [-0.2, -0.15) is 4.98 Å². The minimum absolute atomic E-state index is 0.0860. The molecular formula is C15H22N2O3. The van der Waals surface area contributed by atoms with Gasteiger partial charge in [0.15, 0.2) is 5.82 Å². The molecule has 0 spiro atoms. The summed E-state index contributed by atoms with van der Waals surface area (Å²) in [4.78, 5) is 15.8. The third-order valence-corrected chi connectivity index (χ3v) is 5.09. The maximum atomic E-state index is 11.2. The topological polar surface area (TPSA) is 76.2 Å². The van der Waals surface area contributed by atoms with E-state index >= 15 is 0 Å². The van der Waals surface area contributed by atoms with E-state index in [0.29, 0.717) is 11.8 Å². The van der Waals surface area contributed by atoms with Crippen molar-refractivity contribution in [2.45, 2.75) is 63.7 Å². The highest BCUT2D eigenvalue weighted by Gasteiger charge is 2.38. The fourth-order valence-corrected chi connectivity index (χ4v) is 3.80. The maximum absolute atomic E-state index is 11.2. The second-order valence-corrected chi connectivity index (χ2v) is 6.26. The van der Waals surface area contributed by atoms with Gasteiger partial charge in [0.05, 0.1) is 11.8 Å². The molecule has 3 rings (SSSR count). The number of aliphatic carboxylic acids is 1. The monoisotopic (exact) mass is 278 g/mol. The predicted octanol–water partition coefficient (Wildman–Crippen LogP) is 3.33. The molecule has 20 heavy (non-hydrogen) atoms. The van der Waals surface area contributed by atoms with E-state index in [2.05, 4.69) is 17.1 Å². The van der Waals surface area contributed by atoms with Gasteiger partial charge in [-0.25, -0.2) is 0 Å². The SMILES string of the molecule is CCC1CCC(c2noc(C3CCCC3C(=O)O)n2)C1. The molecule has 2 aliphatic carbocycles. The Labute approximate surface area is 118 Å². The zero-order valence-corrected chi connectivity index (χ0v) is 11.9. The van der Waals surface area contributed by atoms with E-state index < -0.39 is 5.97 Å². The average molecular weight is 278 g/mol. The van der Waals surface area contributed by atoms with Crippen molar-refractivity contribution in [3.8, 4) is 0 Å². The highest BCUT2D eigenvalue weighted by atomic mass is 16.5. The third-order valence-electron chi connectivity index (χ3n) is 5.09. The summed E-state index contributed by atoms with van der Waals surface area (Å²) in [6.45, 7) is 2.23. The molecule has 1 heterocycles. The second-order valence-electron chi connectivity index (χ2n) is 6.26. The van der Waals surface area contributed by atoms with Gasteiger partial charge in [0.2, 0.25) is 5.89 Å². The van der Waals surface area contributed by atoms with Crippen molar-refractivity contribution in [3.63, 3.8) is 0 Å². The van der Waals surface area contributed by atoms with Crippen LogP contribution >= 0.6 is 0 Å². The first kappa shape index (κ1) is 13.6. The molecule has 0 aromatic carbocycles. The van der Waals surface area contributed by atoms with Crippen LogP contribution in [0.4, 0.5) is 0 Å². The van der Waals surface area contributed by atoms with Gasteiger partial charge in [-0.3, -0.25) is 4.79 Å². The Morgan fingerprint density at radius 3 is 2.90 bits per heavy atom. The Morgan fingerprint density at radius 1 is 1.35 bits per heavy atom. The molecule has 0 saturated heterocycles. The molecule has 1 N–H and O–H groups in total. The molecular weight excluding hydrogens is 256 g/mol. The first-order valence-corrected chi connectivity index (χ1v) is 7.75. The van der Waals surface area contributed by atoms with Gasteiger partial charge in [-0.05, 0) is 38.0 Å². The number of hydrogen-bond acceptors (Lipinski definition) is 4. The van der Waals surface area contributed by atoms with Crippen LogP contribution in [0.25, 0.3) is 0 Å². The van der Waals surface area contributed by atoms with Crippen LogP contribution in [0.15, 0.2) is 4.52 Å². The summed E-state index contributed by atoms with van der Waals surface area (Å²) in [5.41, 5.74) is 0. The summed E-state index contributed by atoms with van der Waals surface area (Å²) >= 11 is 0. The minimum atomic E-state index is -0.737. The lowest BCUT2D eigenvalue weighted by Gasteiger charge is -2.10. The smallest absolute Gasteiger partial charge is 0.307 e. The molecule has 4 atom stereocenters. The first-order chi connectivity index (χ1) is 9.69. The third kappa shape index (κ3) is 2.45. The molecule has 0 radical (unpaired) electrons. The fraction of sp³-hybridized carbons (Fsp3) is 0.800. The Balaban J connectivity index is 1.72. The summed E-state index contributed by atoms with van der Waals surface area (Å²) in [5, 5.41) is 13.4. The van der Waals surface area contributed by atoms with Crippen LogP contribution in [0.3, 0.4) is 0 Å². The van der Waals surface area contributed by atoms with Crippen molar-refractivity contribution < 1.29 is 14.4 Å². The van der Waals surface area contributed by atoms with Crippen LogP contribution < -0.4 is 0 Å². The van der Waals surface area contributed by atoms with Crippen LogP contribution in [0.1, 0.15) is 75.4 Å². The molecule has 2 saturated carbocycles. The van der Waals surface area contributed by atoms with Crippen LogP contribution in [-0.2, 0) is 4.79 Å². The van der Waals surface area contributed by atoms with E-state index in [1.807, 2.05) is 0 Å². The van der Waals surface area contributed by atoms with E-state index in [4.69, 9.17) is 4.52 Å². The van der Waals surface area contributed by atoms with Gasteiger partial charge in [0, 0.05) is 5.92 Å². The molecule has 0 aliphatic heterocycles. The van der Waals surface area contributed by atoms with Gasteiger partial charge in [-0.15, -0.1) is 0 Å². The van der Waals surface area contributed by atoms with Gasteiger partial charge in [0.1, 0.15) is 0 Å². The Morgan fingerprint density at radius 2 is 2.20 bits per heavy atom. The van der Waals surface area contributed by atoms with Gasteiger partial charge in [-0.1, -0.05) is 24.9 Å². The lowest BCUT2D eigenvalue weighted by molar-refractivity contribution is -0.142. The Bertz CT molecular complexity index is 485. The standard InChI is InChI=1S/C15H22N2O3/c1-2-9-6-7-10(8-9)13-16-14(20-17-13)11-4-3-5-12(11)15(18)19/h9-12H,2-8H2,1H3,(H,18,19). The van der Waals surface area contributed by atoms with Gasteiger partial charge >= 0.3 is 5.97 Å². The van der Waals surface area contributed by atoms with E-state index in [1.165, 1.54) is 12.8 Å². The number of aromatic nitrogens is 2. The van der Waals surface area contributed by atoms with Crippen molar-refractivity contribution in [1.82, 2.24) is 10.1 Å². The summed E-state index contributed by atoms with van der Waals surface area (Å²) in [5.74, 6) is 1.35. The van der Waals surface area contributed by atoms with Gasteiger partial charge in [0.25, 0.3) is 0 Å². The number of carbonyl (C=O) groups is 1. The number of hydrogen-bond donors (Lipinski definition) is 1. The molecule has 5 nitrogen and oxygen atoms in total.